The first kappa shape index (κ1) is 16.9. The second kappa shape index (κ2) is 7.32. The van der Waals surface area contributed by atoms with Crippen molar-refractivity contribution >= 4 is 16.9 Å². The number of fused-ring (bicyclic) bond motifs is 1. The van der Waals surface area contributed by atoms with Crippen LogP contribution in [0.15, 0.2) is 12.1 Å². The monoisotopic (exact) mass is 331 g/mol. The van der Waals surface area contributed by atoms with Gasteiger partial charge in [-0.1, -0.05) is 0 Å². The highest BCUT2D eigenvalue weighted by Crippen LogP contribution is 2.18. The lowest BCUT2D eigenvalue weighted by molar-refractivity contribution is -0.136. The first-order valence-corrected chi connectivity index (χ1v) is 8.42. The topological polar surface area (TPSA) is 67.5 Å². The molecule has 1 N–H and O–H groups in total. The number of imidazole rings is 1. The molecule has 24 heavy (non-hydrogen) atoms. The lowest BCUT2D eigenvalue weighted by atomic mass is 10.1. The number of aromatic amines is 1. The van der Waals surface area contributed by atoms with Crippen LogP contribution in [0.5, 0.6) is 0 Å². The predicted molar refractivity (Wildman–Crippen MR) is 92.1 cm³/mol. The van der Waals surface area contributed by atoms with E-state index in [0.717, 1.165) is 16.9 Å². The Morgan fingerprint density at radius 3 is 2.88 bits per heavy atom. The number of H-pyrrole nitrogens is 1. The number of hydrogen-bond donors (Lipinski definition) is 1. The van der Waals surface area contributed by atoms with Gasteiger partial charge in [-0.15, -0.1) is 0 Å². The summed E-state index contributed by atoms with van der Waals surface area (Å²) in [6, 6.07) is 4.19. The molecule has 2 heterocycles. The summed E-state index contributed by atoms with van der Waals surface area (Å²) in [5.74, 6) is 0.950. The third-order valence-corrected chi connectivity index (χ3v) is 4.51. The Balaban J connectivity index is 1.55. The molecule has 1 aromatic heterocycles. The molecule has 0 radical (unpaired) electrons. The summed E-state index contributed by atoms with van der Waals surface area (Å²) in [4.78, 5) is 21.9. The van der Waals surface area contributed by atoms with Gasteiger partial charge in [0.15, 0.2) is 0 Å². The fourth-order valence-corrected chi connectivity index (χ4v) is 2.91. The first-order valence-electron chi connectivity index (χ1n) is 8.42. The van der Waals surface area contributed by atoms with Crippen molar-refractivity contribution in [3.05, 3.63) is 29.1 Å². The van der Waals surface area contributed by atoms with Gasteiger partial charge in [-0.25, -0.2) is 4.98 Å². The smallest absolute Gasteiger partial charge is 0.222 e. The summed E-state index contributed by atoms with van der Waals surface area (Å²) < 4.78 is 11.0. The Labute approximate surface area is 142 Å². The second-order valence-electron chi connectivity index (χ2n) is 6.48. The Morgan fingerprint density at radius 1 is 1.33 bits per heavy atom. The molecule has 0 aliphatic carbocycles. The number of amides is 1. The fourth-order valence-electron chi connectivity index (χ4n) is 2.91. The van der Waals surface area contributed by atoms with E-state index in [1.807, 2.05) is 7.05 Å². The highest BCUT2D eigenvalue weighted by Gasteiger charge is 2.19. The van der Waals surface area contributed by atoms with E-state index in [1.165, 1.54) is 11.1 Å². The molecule has 1 fully saturated rings. The van der Waals surface area contributed by atoms with Crippen LogP contribution < -0.4 is 0 Å². The number of hydrogen-bond acceptors (Lipinski definition) is 4. The lowest BCUT2D eigenvalue weighted by Crippen LogP contribution is -2.40. The number of nitrogens with one attached hydrogen (secondary N) is 1. The summed E-state index contributed by atoms with van der Waals surface area (Å²) in [5.41, 5.74) is 4.46. The largest absolute Gasteiger partial charge is 0.376 e. The second-order valence-corrected chi connectivity index (χ2v) is 6.48. The summed E-state index contributed by atoms with van der Waals surface area (Å²) in [6.07, 6.45) is 1.02. The first-order chi connectivity index (χ1) is 11.5. The minimum Gasteiger partial charge on any atom is -0.376 e. The number of aryl methyl sites for hydroxylation is 3. The van der Waals surface area contributed by atoms with Crippen molar-refractivity contribution in [2.45, 2.75) is 32.8 Å². The van der Waals surface area contributed by atoms with Gasteiger partial charge in [-0.2, -0.15) is 0 Å². The van der Waals surface area contributed by atoms with Crippen LogP contribution in [0, 0.1) is 13.8 Å². The van der Waals surface area contributed by atoms with Gasteiger partial charge in [0.05, 0.1) is 37.0 Å². The summed E-state index contributed by atoms with van der Waals surface area (Å²) in [7, 11) is 1.81. The number of aromatic nitrogens is 2. The van der Waals surface area contributed by atoms with Crippen molar-refractivity contribution < 1.29 is 14.3 Å². The zero-order valence-corrected chi connectivity index (χ0v) is 14.6. The summed E-state index contributed by atoms with van der Waals surface area (Å²) >= 11 is 0. The molecule has 0 saturated carbocycles. The molecule has 6 heteroatoms. The highest BCUT2D eigenvalue weighted by molar-refractivity contribution is 5.78. The highest BCUT2D eigenvalue weighted by atomic mass is 16.6. The van der Waals surface area contributed by atoms with Crippen LogP contribution in [0.25, 0.3) is 11.0 Å². The molecule has 0 bridgehead atoms. The molecule has 1 aromatic carbocycles. The van der Waals surface area contributed by atoms with Gasteiger partial charge in [0.25, 0.3) is 0 Å². The van der Waals surface area contributed by atoms with Crippen molar-refractivity contribution in [1.29, 1.82) is 0 Å². The molecule has 6 nitrogen and oxygen atoms in total. The molecule has 2 aromatic rings. The third kappa shape index (κ3) is 3.94. The Hall–Kier alpha value is -1.92. The van der Waals surface area contributed by atoms with Crippen LogP contribution in [0.3, 0.4) is 0 Å². The van der Waals surface area contributed by atoms with Gasteiger partial charge in [0.1, 0.15) is 5.82 Å². The zero-order valence-electron chi connectivity index (χ0n) is 14.6. The maximum absolute atomic E-state index is 12.3. The quantitative estimate of drug-likeness (QED) is 0.910. The molecule has 130 valence electrons. The van der Waals surface area contributed by atoms with Crippen LogP contribution in [0.1, 0.15) is 23.4 Å². The number of likely N-dealkylation sites (N-methyl/N-ethyl adjacent to an activating group) is 1. The van der Waals surface area contributed by atoms with Crippen molar-refractivity contribution in [2.75, 3.05) is 33.4 Å². The molecule has 1 saturated heterocycles. The van der Waals surface area contributed by atoms with Crippen molar-refractivity contribution in [1.82, 2.24) is 14.9 Å². The number of ether oxygens (including phenoxy) is 2. The molecular weight excluding hydrogens is 306 g/mol. The van der Waals surface area contributed by atoms with E-state index in [4.69, 9.17) is 9.47 Å². The Kier molecular flexibility index (Phi) is 5.16. The van der Waals surface area contributed by atoms with Crippen LogP contribution in [-0.4, -0.2) is 60.3 Å². The van der Waals surface area contributed by atoms with Gasteiger partial charge in [-0.3, -0.25) is 4.79 Å². The number of rotatable bonds is 5. The number of benzene rings is 1. The molecule has 1 aliphatic rings. The minimum absolute atomic E-state index is 0.0233. The number of carbonyl (C=O) groups is 1. The van der Waals surface area contributed by atoms with E-state index in [0.29, 0.717) is 39.2 Å². The molecule has 1 aliphatic heterocycles. The number of nitrogens with zero attached hydrogens (tertiary/aromatic N) is 2. The van der Waals surface area contributed by atoms with Crippen molar-refractivity contribution in [3.63, 3.8) is 0 Å². The average Bonchev–Trinajstić information content (AvgIpc) is 2.95. The van der Waals surface area contributed by atoms with E-state index in [1.54, 1.807) is 4.90 Å². The van der Waals surface area contributed by atoms with Gasteiger partial charge in [0, 0.05) is 26.4 Å². The normalized spacial score (nSPS) is 18.0. The van der Waals surface area contributed by atoms with Crippen LogP contribution in [-0.2, 0) is 20.7 Å². The van der Waals surface area contributed by atoms with Crippen LogP contribution >= 0.6 is 0 Å². The average molecular weight is 331 g/mol. The molecule has 1 amide bonds. The van der Waals surface area contributed by atoms with E-state index in [2.05, 4.69) is 35.9 Å². The van der Waals surface area contributed by atoms with Gasteiger partial charge in [-0.05, 0) is 37.1 Å². The van der Waals surface area contributed by atoms with Crippen LogP contribution in [0.2, 0.25) is 0 Å². The molecular formula is C18H25N3O3. The maximum Gasteiger partial charge on any atom is 0.222 e. The molecule has 3 rings (SSSR count). The van der Waals surface area contributed by atoms with Gasteiger partial charge >= 0.3 is 0 Å². The Morgan fingerprint density at radius 2 is 2.12 bits per heavy atom. The summed E-state index contributed by atoms with van der Waals surface area (Å²) in [6.45, 7) is 6.53. The third-order valence-electron chi connectivity index (χ3n) is 4.51. The predicted octanol–water partition coefficient (Wildman–Crippen LogP) is 1.99. The van der Waals surface area contributed by atoms with Crippen molar-refractivity contribution in [3.8, 4) is 0 Å². The maximum atomic E-state index is 12.3. The lowest BCUT2D eigenvalue weighted by Gasteiger charge is -2.27. The zero-order chi connectivity index (χ0) is 17.1. The molecule has 0 spiro atoms. The van der Waals surface area contributed by atoms with E-state index < -0.39 is 0 Å². The number of carbonyl (C=O) groups excluding carboxylic acids is 1. The van der Waals surface area contributed by atoms with E-state index >= 15 is 0 Å². The van der Waals surface area contributed by atoms with Crippen LogP contribution in [0.4, 0.5) is 0 Å². The standard InChI is InChI=1S/C18H25N3O3/c1-12-8-15-16(9-13(12)2)20-17(19-15)4-5-18(22)21(3)10-14-11-23-6-7-24-14/h8-9,14H,4-7,10-11H2,1-3H3,(H,19,20)/t14-/m0/s1. The molecule has 1 atom stereocenters. The van der Waals surface area contributed by atoms with Gasteiger partial charge < -0.3 is 19.4 Å². The fraction of sp³-hybridized carbons (Fsp3) is 0.556. The van der Waals surface area contributed by atoms with E-state index in [9.17, 15) is 4.79 Å². The minimum atomic E-state index is -0.0233. The Bertz CT molecular complexity index is 681. The van der Waals surface area contributed by atoms with Crippen molar-refractivity contribution in [2.24, 2.45) is 0 Å². The van der Waals surface area contributed by atoms with E-state index in [-0.39, 0.29) is 12.0 Å². The SMILES string of the molecule is Cc1cc2nc(CCC(=O)N(C)C[C@H]3COCCO3)[nH]c2cc1C. The molecule has 0 unspecified atom stereocenters. The summed E-state index contributed by atoms with van der Waals surface area (Å²) in [5, 5.41) is 0. The van der Waals surface area contributed by atoms with Gasteiger partial charge in [0.2, 0.25) is 5.91 Å².